The van der Waals surface area contributed by atoms with Crippen LogP contribution in [-0.4, -0.2) is 12.9 Å². The van der Waals surface area contributed by atoms with Crippen molar-refractivity contribution < 1.29 is 18.3 Å². The monoisotopic (exact) mass is 263 g/mol. The van der Waals surface area contributed by atoms with Gasteiger partial charge in [-0.05, 0) is 36.4 Å². The number of benzene rings is 2. The highest BCUT2D eigenvalue weighted by Gasteiger charge is 2.16. The van der Waals surface area contributed by atoms with Crippen molar-refractivity contribution in [3.05, 3.63) is 59.2 Å². The second kappa shape index (κ2) is 5.06. The summed E-state index contributed by atoms with van der Waals surface area (Å²) in [5.41, 5.74) is 5.61. The van der Waals surface area contributed by atoms with E-state index in [-0.39, 0.29) is 22.6 Å². The van der Waals surface area contributed by atoms with E-state index < -0.39 is 17.4 Å². The molecule has 2 N–H and O–H groups in total. The molecule has 0 aliphatic carbocycles. The maximum absolute atomic E-state index is 13.6. The largest absolute Gasteiger partial charge is 0.494 e. The zero-order valence-electron chi connectivity index (χ0n) is 10.1. The number of methoxy groups -OCH3 is 1. The molecule has 0 saturated carbocycles. The molecule has 2 aromatic rings. The van der Waals surface area contributed by atoms with Crippen molar-refractivity contribution >= 4 is 11.5 Å². The van der Waals surface area contributed by atoms with Crippen LogP contribution < -0.4 is 10.5 Å². The van der Waals surface area contributed by atoms with Crippen molar-refractivity contribution in [3.63, 3.8) is 0 Å². The van der Waals surface area contributed by atoms with Gasteiger partial charge in [0.25, 0.3) is 0 Å². The van der Waals surface area contributed by atoms with E-state index in [2.05, 4.69) is 0 Å². The number of ketones is 1. The molecule has 3 nitrogen and oxygen atoms in total. The van der Waals surface area contributed by atoms with E-state index in [0.717, 1.165) is 12.1 Å². The summed E-state index contributed by atoms with van der Waals surface area (Å²) in [4.78, 5) is 12.1. The van der Waals surface area contributed by atoms with Gasteiger partial charge < -0.3 is 10.5 Å². The standard InChI is InChI=1S/C14H11F2NO2/c1-19-13-5-2-8(6-12(13)16)14(18)10-7-9(17)3-4-11(10)15/h2-7H,17H2,1H3. The average molecular weight is 263 g/mol. The fraction of sp³-hybridized carbons (Fsp3) is 0.0714. The van der Waals surface area contributed by atoms with Gasteiger partial charge in [0.2, 0.25) is 0 Å². The lowest BCUT2D eigenvalue weighted by Crippen LogP contribution is -2.06. The molecule has 0 heterocycles. The average Bonchev–Trinajstić information content (AvgIpc) is 2.40. The fourth-order valence-corrected chi connectivity index (χ4v) is 1.68. The maximum atomic E-state index is 13.6. The van der Waals surface area contributed by atoms with Gasteiger partial charge in [-0.2, -0.15) is 0 Å². The molecule has 0 saturated heterocycles. The van der Waals surface area contributed by atoms with Crippen LogP contribution >= 0.6 is 0 Å². The number of hydrogen-bond acceptors (Lipinski definition) is 3. The molecule has 5 heteroatoms. The summed E-state index contributed by atoms with van der Waals surface area (Å²) in [6, 6.07) is 7.35. The lowest BCUT2D eigenvalue weighted by molar-refractivity contribution is 0.103. The van der Waals surface area contributed by atoms with E-state index in [0.29, 0.717) is 0 Å². The second-order valence-corrected chi connectivity index (χ2v) is 3.92. The third kappa shape index (κ3) is 2.54. The Labute approximate surface area is 108 Å². The van der Waals surface area contributed by atoms with Crippen molar-refractivity contribution in [2.75, 3.05) is 12.8 Å². The second-order valence-electron chi connectivity index (χ2n) is 3.92. The predicted molar refractivity (Wildman–Crippen MR) is 67.2 cm³/mol. The van der Waals surface area contributed by atoms with E-state index in [1.807, 2.05) is 0 Å². The highest BCUT2D eigenvalue weighted by molar-refractivity contribution is 6.09. The number of carbonyl (C=O) groups excluding carboxylic acids is 1. The summed E-state index contributed by atoms with van der Waals surface area (Å²) < 4.78 is 31.8. The van der Waals surface area contributed by atoms with Gasteiger partial charge in [0.15, 0.2) is 17.3 Å². The molecule has 19 heavy (non-hydrogen) atoms. The lowest BCUT2D eigenvalue weighted by atomic mass is 10.0. The zero-order chi connectivity index (χ0) is 14.0. The van der Waals surface area contributed by atoms with E-state index >= 15 is 0 Å². The van der Waals surface area contributed by atoms with Crippen LogP contribution in [0.1, 0.15) is 15.9 Å². The molecule has 0 amide bonds. The highest BCUT2D eigenvalue weighted by Crippen LogP contribution is 2.21. The molecule has 0 aromatic heterocycles. The smallest absolute Gasteiger partial charge is 0.196 e. The minimum absolute atomic E-state index is 0.0181. The third-order valence-electron chi connectivity index (χ3n) is 2.65. The minimum atomic E-state index is -0.699. The number of nitrogens with two attached hydrogens (primary N) is 1. The van der Waals surface area contributed by atoms with Crippen molar-refractivity contribution in [2.45, 2.75) is 0 Å². The Balaban J connectivity index is 2.44. The molecule has 0 aliphatic heterocycles. The van der Waals surface area contributed by atoms with Crippen molar-refractivity contribution in [1.82, 2.24) is 0 Å². The van der Waals surface area contributed by atoms with Crippen LogP contribution in [0.3, 0.4) is 0 Å². The van der Waals surface area contributed by atoms with Gasteiger partial charge >= 0.3 is 0 Å². The number of rotatable bonds is 3. The van der Waals surface area contributed by atoms with Crippen molar-refractivity contribution in [3.8, 4) is 5.75 Å². The molecule has 2 aromatic carbocycles. The summed E-state index contributed by atoms with van der Waals surface area (Å²) in [5, 5.41) is 0. The maximum Gasteiger partial charge on any atom is 0.196 e. The topological polar surface area (TPSA) is 52.3 Å². The van der Waals surface area contributed by atoms with Gasteiger partial charge in [-0.25, -0.2) is 8.78 Å². The van der Waals surface area contributed by atoms with Crippen LogP contribution in [0.4, 0.5) is 14.5 Å². The number of anilines is 1. The molecule has 0 bridgehead atoms. The Morgan fingerprint density at radius 3 is 2.47 bits per heavy atom. The fourth-order valence-electron chi connectivity index (χ4n) is 1.68. The highest BCUT2D eigenvalue weighted by atomic mass is 19.1. The summed E-state index contributed by atoms with van der Waals surface area (Å²) >= 11 is 0. The normalized spacial score (nSPS) is 10.3. The zero-order valence-corrected chi connectivity index (χ0v) is 10.1. The quantitative estimate of drug-likeness (QED) is 0.684. The first-order chi connectivity index (χ1) is 9.02. The molecule has 98 valence electrons. The predicted octanol–water partition coefficient (Wildman–Crippen LogP) is 2.79. The third-order valence-corrected chi connectivity index (χ3v) is 2.65. The van der Waals surface area contributed by atoms with Gasteiger partial charge in [0, 0.05) is 11.3 Å². The first-order valence-electron chi connectivity index (χ1n) is 5.46. The number of halogens is 2. The van der Waals surface area contributed by atoms with Crippen LogP contribution in [0.2, 0.25) is 0 Å². The van der Waals surface area contributed by atoms with Gasteiger partial charge in [-0.3, -0.25) is 4.79 Å². The summed E-state index contributed by atoms with van der Waals surface area (Å²) in [7, 11) is 1.32. The van der Waals surface area contributed by atoms with Crippen molar-refractivity contribution in [2.24, 2.45) is 0 Å². The molecule has 0 radical (unpaired) electrons. The molecule has 2 rings (SSSR count). The molecule has 0 atom stereocenters. The number of nitrogen functional groups attached to an aromatic ring is 1. The van der Waals surface area contributed by atoms with E-state index in [1.165, 1.54) is 31.4 Å². The molecule has 0 spiro atoms. The van der Waals surface area contributed by atoms with Crippen LogP contribution in [0.15, 0.2) is 36.4 Å². The Morgan fingerprint density at radius 2 is 1.84 bits per heavy atom. The van der Waals surface area contributed by atoms with Crippen LogP contribution in [0.5, 0.6) is 5.75 Å². The number of ether oxygens (including phenoxy) is 1. The van der Waals surface area contributed by atoms with Gasteiger partial charge in [0.1, 0.15) is 5.82 Å². The lowest BCUT2D eigenvalue weighted by Gasteiger charge is -2.06. The Bertz CT molecular complexity index is 641. The molecule has 0 aliphatic rings. The SMILES string of the molecule is COc1ccc(C(=O)c2cc(N)ccc2F)cc1F. The number of hydrogen-bond donors (Lipinski definition) is 1. The minimum Gasteiger partial charge on any atom is -0.494 e. The molecular formula is C14H11F2NO2. The van der Waals surface area contributed by atoms with Gasteiger partial charge in [-0.1, -0.05) is 0 Å². The summed E-state index contributed by atoms with van der Waals surface area (Å²) in [6.45, 7) is 0. The van der Waals surface area contributed by atoms with Crippen LogP contribution in [-0.2, 0) is 0 Å². The summed E-state index contributed by atoms with van der Waals surface area (Å²) in [5.74, 6) is -2.00. The number of carbonyl (C=O) groups is 1. The van der Waals surface area contributed by atoms with E-state index in [1.54, 1.807) is 0 Å². The first-order valence-corrected chi connectivity index (χ1v) is 5.46. The molecular weight excluding hydrogens is 252 g/mol. The Kier molecular flexibility index (Phi) is 3.46. The first kappa shape index (κ1) is 13.0. The van der Waals surface area contributed by atoms with Gasteiger partial charge in [-0.15, -0.1) is 0 Å². The molecule has 0 fully saturated rings. The summed E-state index contributed by atoms with van der Waals surface area (Å²) in [6.07, 6.45) is 0. The van der Waals surface area contributed by atoms with E-state index in [4.69, 9.17) is 10.5 Å². The van der Waals surface area contributed by atoms with E-state index in [9.17, 15) is 13.6 Å². The van der Waals surface area contributed by atoms with Gasteiger partial charge in [0.05, 0.1) is 12.7 Å². The molecule has 0 unspecified atom stereocenters. The van der Waals surface area contributed by atoms with Crippen LogP contribution in [0, 0.1) is 11.6 Å². The van der Waals surface area contributed by atoms with Crippen molar-refractivity contribution in [1.29, 1.82) is 0 Å². The van der Waals surface area contributed by atoms with Crippen LogP contribution in [0.25, 0.3) is 0 Å². The Hall–Kier alpha value is -2.43. The Morgan fingerprint density at radius 1 is 1.11 bits per heavy atom.